The van der Waals surface area contributed by atoms with E-state index < -0.39 is 35.7 Å². The summed E-state index contributed by atoms with van der Waals surface area (Å²) in [6.07, 6.45) is -0.0115. The number of aromatic nitrogens is 1. The Morgan fingerprint density at radius 1 is 0.968 bits per heavy atom. The predicted molar refractivity (Wildman–Crippen MR) is 113 cm³/mol. The van der Waals surface area contributed by atoms with Crippen LogP contribution < -0.4 is 10.6 Å². The first-order chi connectivity index (χ1) is 14.8. The van der Waals surface area contributed by atoms with E-state index in [1.165, 1.54) is 25.1 Å². The van der Waals surface area contributed by atoms with E-state index in [9.17, 15) is 23.9 Å². The number of para-hydroxylation sites is 1. The molecule has 2 amide bonds. The third-order valence-corrected chi connectivity index (χ3v) is 4.71. The fourth-order valence-corrected chi connectivity index (χ4v) is 3.26. The summed E-state index contributed by atoms with van der Waals surface area (Å²) in [4.78, 5) is 40.6. The third kappa shape index (κ3) is 6.08. The van der Waals surface area contributed by atoms with Crippen LogP contribution in [0.5, 0.6) is 0 Å². The van der Waals surface area contributed by atoms with Crippen molar-refractivity contribution in [1.29, 1.82) is 0 Å². The molecule has 0 unspecified atom stereocenters. The van der Waals surface area contributed by atoms with Gasteiger partial charge in [-0.05, 0) is 29.8 Å². The zero-order valence-electron chi connectivity index (χ0n) is 16.8. The second kappa shape index (κ2) is 9.80. The van der Waals surface area contributed by atoms with Gasteiger partial charge >= 0.3 is 5.97 Å². The van der Waals surface area contributed by atoms with Crippen LogP contribution in [0, 0.1) is 5.82 Å². The Labute approximate surface area is 178 Å². The number of fused-ring (bicyclic) bond motifs is 1. The van der Waals surface area contributed by atoms with Crippen molar-refractivity contribution in [1.82, 2.24) is 15.6 Å². The Hall–Kier alpha value is -3.81. The van der Waals surface area contributed by atoms with E-state index in [-0.39, 0.29) is 12.8 Å². The molecule has 31 heavy (non-hydrogen) atoms. The number of benzene rings is 2. The van der Waals surface area contributed by atoms with Gasteiger partial charge in [-0.1, -0.05) is 36.4 Å². The van der Waals surface area contributed by atoms with Gasteiger partial charge in [0.25, 0.3) is 0 Å². The van der Waals surface area contributed by atoms with E-state index in [0.29, 0.717) is 11.3 Å². The summed E-state index contributed by atoms with van der Waals surface area (Å²) in [6.45, 7) is 1.25. The Morgan fingerprint density at radius 2 is 1.74 bits per heavy atom. The third-order valence-electron chi connectivity index (χ3n) is 4.71. The zero-order valence-corrected chi connectivity index (χ0v) is 16.8. The van der Waals surface area contributed by atoms with Crippen LogP contribution in [0.2, 0.25) is 0 Å². The summed E-state index contributed by atoms with van der Waals surface area (Å²) >= 11 is 0. The average Bonchev–Trinajstić information content (AvgIpc) is 2.72. The van der Waals surface area contributed by atoms with Crippen LogP contribution in [-0.4, -0.2) is 40.0 Å². The highest BCUT2D eigenvalue weighted by atomic mass is 19.1. The van der Waals surface area contributed by atoms with Gasteiger partial charge in [-0.3, -0.25) is 14.6 Å². The molecular formula is C23H22FN3O4. The fraction of sp³-hybridized carbons (Fsp3) is 0.217. The van der Waals surface area contributed by atoms with Crippen molar-refractivity contribution >= 4 is 28.7 Å². The van der Waals surface area contributed by atoms with Gasteiger partial charge < -0.3 is 15.7 Å². The maximum Gasteiger partial charge on any atom is 0.326 e. The predicted octanol–water partition coefficient (Wildman–Crippen LogP) is 2.23. The molecule has 0 saturated heterocycles. The van der Waals surface area contributed by atoms with Crippen molar-refractivity contribution in [3.8, 4) is 0 Å². The molecule has 160 valence electrons. The maximum atomic E-state index is 13.5. The van der Waals surface area contributed by atoms with Crippen LogP contribution in [0.15, 0.2) is 60.7 Å². The Morgan fingerprint density at radius 3 is 2.45 bits per heavy atom. The van der Waals surface area contributed by atoms with Crippen molar-refractivity contribution in [2.24, 2.45) is 0 Å². The maximum absolute atomic E-state index is 13.5. The number of hydrogen-bond donors (Lipinski definition) is 3. The summed E-state index contributed by atoms with van der Waals surface area (Å²) in [7, 11) is 0. The fourth-order valence-electron chi connectivity index (χ4n) is 3.26. The lowest BCUT2D eigenvalue weighted by molar-refractivity contribution is -0.142. The van der Waals surface area contributed by atoms with E-state index in [1.807, 2.05) is 30.3 Å². The number of aliphatic carboxylic acids is 1. The molecule has 3 N–H and O–H groups in total. The normalized spacial score (nSPS) is 12.7. The van der Waals surface area contributed by atoms with Crippen LogP contribution in [0.25, 0.3) is 10.9 Å². The lowest BCUT2D eigenvalue weighted by atomic mass is 10.0. The van der Waals surface area contributed by atoms with Crippen LogP contribution in [-0.2, 0) is 27.2 Å². The first-order valence-electron chi connectivity index (χ1n) is 9.71. The highest BCUT2D eigenvalue weighted by molar-refractivity contribution is 5.90. The number of amides is 2. The van der Waals surface area contributed by atoms with Crippen LogP contribution in [0.1, 0.15) is 18.2 Å². The summed E-state index contributed by atoms with van der Waals surface area (Å²) in [5, 5.41) is 15.5. The van der Waals surface area contributed by atoms with E-state index in [4.69, 9.17) is 0 Å². The van der Waals surface area contributed by atoms with Crippen LogP contribution >= 0.6 is 0 Å². The summed E-state index contributed by atoms with van der Waals surface area (Å²) < 4.78 is 13.5. The van der Waals surface area contributed by atoms with Gasteiger partial charge in [0.1, 0.15) is 17.9 Å². The van der Waals surface area contributed by atoms with Crippen LogP contribution in [0.3, 0.4) is 0 Å². The molecule has 7 nitrogen and oxygen atoms in total. The molecule has 1 aromatic heterocycles. The van der Waals surface area contributed by atoms with E-state index in [0.717, 1.165) is 10.9 Å². The molecule has 1 heterocycles. The molecular weight excluding hydrogens is 401 g/mol. The SMILES string of the molecule is CC(=O)N[C@H](Cc1cccc(F)c1)C(=O)N[C@H](Cc1ccc2ccccc2n1)C(=O)O. The Bertz CT molecular complexity index is 1120. The quantitative estimate of drug-likeness (QED) is 0.515. The van der Waals surface area contributed by atoms with Crippen LogP contribution in [0.4, 0.5) is 4.39 Å². The Kier molecular flexibility index (Phi) is 6.92. The smallest absolute Gasteiger partial charge is 0.326 e. The number of carbonyl (C=O) groups is 3. The highest BCUT2D eigenvalue weighted by Crippen LogP contribution is 2.13. The van der Waals surface area contributed by atoms with Crippen molar-refractivity contribution in [2.45, 2.75) is 31.8 Å². The largest absolute Gasteiger partial charge is 0.480 e. The van der Waals surface area contributed by atoms with Crippen molar-refractivity contribution in [3.63, 3.8) is 0 Å². The second-order valence-electron chi connectivity index (χ2n) is 7.19. The number of rotatable bonds is 8. The molecule has 0 fully saturated rings. The summed E-state index contributed by atoms with van der Waals surface area (Å²) in [6, 6.07) is 14.3. The molecule has 0 bridgehead atoms. The number of nitrogens with one attached hydrogen (secondary N) is 2. The Balaban J connectivity index is 1.75. The molecule has 0 radical (unpaired) electrons. The lowest BCUT2D eigenvalue weighted by Gasteiger charge is -2.21. The monoisotopic (exact) mass is 423 g/mol. The van der Waals surface area contributed by atoms with Gasteiger partial charge in [-0.15, -0.1) is 0 Å². The van der Waals surface area contributed by atoms with Gasteiger partial charge in [0.15, 0.2) is 0 Å². The minimum absolute atomic E-state index is 0.0176. The first kappa shape index (κ1) is 21.9. The van der Waals surface area contributed by atoms with Gasteiger partial charge in [0.2, 0.25) is 11.8 Å². The molecule has 0 aliphatic carbocycles. The minimum Gasteiger partial charge on any atom is -0.480 e. The molecule has 2 aromatic carbocycles. The highest BCUT2D eigenvalue weighted by Gasteiger charge is 2.27. The lowest BCUT2D eigenvalue weighted by Crippen LogP contribution is -2.52. The first-order valence-corrected chi connectivity index (χ1v) is 9.71. The van der Waals surface area contributed by atoms with Gasteiger partial charge in [0.05, 0.1) is 5.52 Å². The number of hydrogen-bond acceptors (Lipinski definition) is 4. The minimum atomic E-state index is -1.25. The topological polar surface area (TPSA) is 108 Å². The molecule has 3 aromatic rings. The second-order valence-corrected chi connectivity index (χ2v) is 7.19. The van der Waals surface area contributed by atoms with Crippen molar-refractivity contribution in [3.05, 3.63) is 77.7 Å². The number of halogens is 1. The molecule has 0 spiro atoms. The molecule has 8 heteroatoms. The zero-order chi connectivity index (χ0) is 22.4. The molecule has 0 aliphatic heterocycles. The molecule has 3 rings (SSSR count). The standard InChI is InChI=1S/C23H22FN3O4/c1-14(28)25-20(12-15-5-4-7-17(24)11-15)22(29)27-21(23(30)31)13-18-10-9-16-6-2-3-8-19(16)26-18/h2-11,20-21H,12-13H2,1H3,(H,25,28)(H,27,29)(H,30,31)/t20-,21-/m1/s1. The molecule has 0 aliphatic rings. The summed E-state index contributed by atoms with van der Waals surface area (Å²) in [5.74, 6) is -2.83. The number of carboxylic acids is 1. The van der Waals surface area contributed by atoms with Gasteiger partial charge in [0, 0.05) is 30.8 Å². The molecule has 0 saturated carbocycles. The molecule has 2 atom stereocenters. The van der Waals surface area contributed by atoms with Crippen molar-refractivity contribution in [2.75, 3.05) is 0 Å². The van der Waals surface area contributed by atoms with Crippen molar-refractivity contribution < 1.29 is 23.9 Å². The number of carboxylic acid groups (broad SMARTS) is 1. The number of carbonyl (C=O) groups excluding carboxylic acids is 2. The van der Waals surface area contributed by atoms with E-state index in [1.54, 1.807) is 12.1 Å². The number of pyridine rings is 1. The van der Waals surface area contributed by atoms with Gasteiger partial charge in [-0.2, -0.15) is 0 Å². The van der Waals surface area contributed by atoms with E-state index in [2.05, 4.69) is 15.6 Å². The number of nitrogens with zero attached hydrogens (tertiary/aromatic N) is 1. The van der Waals surface area contributed by atoms with Gasteiger partial charge in [-0.25, -0.2) is 9.18 Å². The summed E-state index contributed by atoms with van der Waals surface area (Å²) in [5.41, 5.74) is 1.72. The average molecular weight is 423 g/mol. The van der Waals surface area contributed by atoms with E-state index >= 15 is 0 Å².